The first-order chi connectivity index (χ1) is 9.22. The first-order valence-electron chi connectivity index (χ1n) is 5.84. The maximum atomic E-state index is 12.0. The van der Waals surface area contributed by atoms with Crippen molar-refractivity contribution in [1.82, 2.24) is 19.7 Å². The van der Waals surface area contributed by atoms with Crippen LogP contribution in [0.1, 0.15) is 16.1 Å². The van der Waals surface area contributed by atoms with Crippen LogP contribution < -0.4 is 11.0 Å². The second-order valence-electron chi connectivity index (χ2n) is 4.21. The summed E-state index contributed by atoms with van der Waals surface area (Å²) in [5.74, 6) is -0.175. The van der Waals surface area contributed by atoms with Crippen LogP contribution in [0.3, 0.4) is 0 Å². The van der Waals surface area contributed by atoms with E-state index in [-0.39, 0.29) is 18.1 Å². The number of carbonyl (C=O) groups excluding carboxylic acids is 1. The van der Waals surface area contributed by atoms with Gasteiger partial charge in [0.05, 0.1) is 17.8 Å². The zero-order valence-corrected chi connectivity index (χ0v) is 10.0. The van der Waals surface area contributed by atoms with Crippen LogP contribution in [0.5, 0.6) is 0 Å². The van der Waals surface area contributed by atoms with Crippen LogP contribution in [-0.2, 0) is 6.54 Å². The highest BCUT2D eigenvalue weighted by atomic mass is 16.2. The molecule has 0 unspecified atom stereocenters. The first-order valence-corrected chi connectivity index (χ1v) is 5.84. The molecule has 3 aromatic heterocycles. The molecule has 6 nitrogen and oxygen atoms in total. The molecule has 96 valence electrons. The van der Waals surface area contributed by atoms with Gasteiger partial charge in [0, 0.05) is 24.1 Å². The van der Waals surface area contributed by atoms with E-state index in [4.69, 9.17) is 0 Å². The normalized spacial score (nSPS) is 10.7. The molecule has 0 saturated carbocycles. The minimum absolute atomic E-state index is 0.175. The molecule has 3 rings (SSSR count). The van der Waals surface area contributed by atoms with Crippen LogP contribution in [0, 0.1) is 0 Å². The Bertz CT molecular complexity index is 748. The van der Waals surface area contributed by atoms with Gasteiger partial charge in [0.25, 0.3) is 5.91 Å². The third kappa shape index (κ3) is 2.28. The lowest BCUT2D eigenvalue weighted by Gasteiger charge is -2.00. The predicted molar refractivity (Wildman–Crippen MR) is 70.0 cm³/mol. The SMILES string of the molecule is O=C(NCc1c[nH]c(=O)[nH]1)c1cc2ccccn2c1. The van der Waals surface area contributed by atoms with Crippen molar-refractivity contribution in [2.45, 2.75) is 6.54 Å². The second kappa shape index (κ2) is 4.49. The Hall–Kier alpha value is -2.76. The van der Waals surface area contributed by atoms with Crippen molar-refractivity contribution in [3.05, 3.63) is 64.6 Å². The van der Waals surface area contributed by atoms with E-state index in [1.165, 1.54) is 0 Å². The van der Waals surface area contributed by atoms with Crippen molar-refractivity contribution in [2.24, 2.45) is 0 Å². The number of H-pyrrole nitrogens is 2. The number of hydrogen-bond donors (Lipinski definition) is 3. The minimum atomic E-state index is -0.279. The van der Waals surface area contributed by atoms with Gasteiger partial charge in [-0.15, -0.1) is 0 Å². The Balaban J connectivity index is 1.74. The molecule has 0 bridgehead atoms. The highest BCUT2D eigenvalue weighted by Gasteiger charge is 2.08. The van der Waals surface area contributed by atoms with E-state index < -0.39 is 0 Å². The summed E-state index contributed by atoms with van der Waals surface area (Å²) in [7, 11) is 0. The van der Waals surface area contributed by atoms with E-state index in [0.717, 1.165) is 5.52 Å². The molecule has 0 radical (unpaired) electrons. The molecule has 0 saturated heterocycles. The zero-order valence-electron chi connectivity index (χ0n) is 10.0. The number of fused-ring (bicyclic) bond motifs is 1. The summed E-state index contributed by atoms with van der Waals surface area (Å²) in [6.45, 7) is 0.282. The highest BCUT2D eigenvalue weighted by Crippen LogP contribution is 2.09. The van der Waals surface area contributed by atoms with E-state index in [9.17, 15) is 9.59 Å². The number of rotatable bonds is 3. The van der Waals surface area contributed by atoms with Crippen molar-refractivity contribution in [1.29, 1.82) is 0 Å². The fraction of sp³-hybridized carbons (Fsp3) is 0.0769. The number of aromatic amines is 2. The topological polar surface area (TPSA) is 82.2 Å². The fourth-order valence-electron chi connectivity index (χ4n) is 1.92. The number of aromatic nitrogens is 3. The molecule has 0 aromatic carbocycles. The molecule has 0 aliphatic heterocycles. The average molecular weight is 256 g/mol. The third-order valence-corrected chi connectivity index (χ3v) is 2.86. The van der Waals surface area contributed by atoms with Crippen LogP contribution in [0.4, 0.5) is 0 Å². The number of pyridine rings is 1. The maximum Gasteiger partial charge on any atom is 0.323 e. The van der Waals surface area contributed by atoms with Crippen LogP contribution in [-0.4, -0.2) is 20.3 Å². The van der Waals surface area contributed by atoms with E-state index in [2.05, 4.69) is 15.3 Å². The van der Waals surface area contributed by atoms with Gasteiger partial charge in [0.15, 0.2) is 0 Å². The Morgan fingerprint density at radius 1 is 1.37 bits per heavy atom. The van der Waals surface area contributed by atoms with Crippen molar-refractivity contribution in [3.63, 3.8) is 0 Å². The molecule has 6 heteroatoms. The maximum absolute atomic E-state index is 12.0. The van der Waals surface area contributed by atoms with Crippen molar-refractivity contribution >= 4 is 11.4 Å². The smallest absolute Gasteiger partial charge is 0.323 e. The van der Waals surface area contributed by atoms with Crippen molar-refractivity contribution in [3.8, 4) is 0 Å². The number of nitrogens with one attached hydrogen (secondary N) is 3. The molecule has 19 heavy (non-hydrogen) atoms. The van der Waals surface area contributed by atoms with Gasteiger partial charge < -0.3 is 19.7 Å². The zero-order chi connectivity index (χ0) is 13.2. The van der Waals surface area contributed by atoms with E-state index in [1.54, 1.807) is 12.4 Å². The predicted octanol–water partition coefficient (Wildman–Crippen LogP) is 0.886. The number of nitrogens with zero attached hydrogens (tertiary/aromatic N) is 1. The van der Waals surface area contributed by atoms with Crippen LogP contribution in [0.25, 0.3) is 5.52 Å². The van der Waals surface area contributed by atoms with E-state index >= 15 is 0 Å². The number of carbonyl (C=O) groups is 1. The average Bonchev–Trinajstić information content (AvgIpc) is 3.01. The fourth-order valence-corrected chi connectivity index (χ4v) is 1.92. The largest absolute Gasteiger partial charge is 0.346 e. The van der Waals surface area contributed by atoms with Gasteiger partial charge >= 0.3 is 5.69 Å². The van der Waals surface area contributed by atoms with Crippen LogP contribution in [0.2, 0.25) is 0 Å². The van der Waals surface area contributed by atoms with Gasteiger partial charge in [0.1, 0.15) is 0 Å². The Kier molecular flexibility index (Phi) is 2.68. The van der Waals surface area contributed by atoms with Gasteiger partial charge in [0.2, 0.25) is 0 Å². The number of amides is 1. The summed E-state index contributed by atoms with van der Waals surface area (Å²) in [6.07, 6.45) is 5.19. The molecule has 0 aliphatic rings. The van der Waals surface area contributed by atoms with Crippen LogP contribution in [0.15, 0.2) is 47.7 Å². The van der Waals surface area contributed by atoms with E-state index in [1.807, 2.05) is 34.9 Å². The van der Waals surface area contributed by atoms with Gasteiger partial charge in [-0.05, 0) is 18.2 Å². The first kappa shape index (κ1) is 11.3. The van der Waals surface area contributed by atoms with Crippen molar-refractivity contribution in [2.75, 3.05) is 0 Å². The Morgan fingerprint density at radius 3 is 3.00 bits per heavy atom. The monoisotopic (exact) mass is 256 g/mol. The summed E-state index contributed by atoms with van der Waals surface area (Å²) in [5, 5.41) is 2.75. The molecule has 0 spiro atoms. The number of imidazole rings is 1. The third-order valence-electron chi connectivity index (χ3n) is 2.86. The van der Waals surface area contributed by atoms with Gasteiger partial charge in [-0.2, -0.15) is 0 Å². The lowest BCUT2D eigenvalue weighted by Crippen LogP contribution is -2.22. The lowest BCUT2D eigenvalue weighted by molar-refractivity contribution is 0.0950. The van der Waals surface area contributed by atoms with Gasteiger partial charge in [-0.25, -0.2) is 4.79 Å². The van der Waals surface area contributed by atoms with Gasteiger partial charge in [-0.1, -0.05) is 6.07 Å². The molecular formula is C13H12N4O2. The Morgan fingerprint density at radius 2 is 2.26 bits per heavy atom. The summed E-state index contributed by atoms with van der Waals surface area (Å²) < 4.78 is 1.88. The van der Waals surface area contributed by atoms with Crippen molar-refractivity contribution < 1.29 is 4.79 Å². The molecule has 3 heterocycles. The van der Waals surface area contributed by atoms with Crippen LogP contribution >= 0.6 is 0 Å². The summed E-state index contributed by atoms with van der Waals surface area (Å²) >= 11 is 0. The molecular weight excluding hydrogens is 244 g/mol. The minimum Gasteiger partial charge on any atom is -0.346 e. The van der Waals surface area contributed by atoms with E-state index in [0.29, 0.717) is 11.3 Å². The Labute approximate surface area is 108 Å². The summed E-state index contributed by atoms with van der Waals surface area (Å²) in [5.41, 5.74) is 1.91. The quantitative estimate of drug-likeness (QED) is 0.650. The van der Waals surface area contributed by atoms with Gasteiger partial charge in [-0.3, -0.25) is 4.79 Å². The molecule has 0 atom stereocenters. The summed E-state index contributed by atoms with van der Waals surface area (Å²) in [4.78, 5) is 27.9. The molecule has 1 amide bonds. The summed E-state index contributed by atoms with van der Waals surface area (Å²) in [6, 6.07) is 7.57. The molecule has 0 fully saturated rings. The molecule has 3 aromatic rings. The molecule has 0 aliphatic carbocycles. The number of hydrogen-bond acceptors (Lipinski definition) is 2. The highest BCUT2D eigenvalue weighted by molar-refractivity contribution is 5.95. The standard InChI is InChI=1S/C13H12N4O2/c18-12(14-6-10-7-15-13(19)16-10)9-5-11-3-1-2-4-17(11)8-9/h1-5,7-8H,6H2,(H,14,18)(H2,15,16,19). The lowest BCUT2D eigenvalue weighted by atomic mass is 10.3. The second-order valence-corrected chi connectivity index (χ2v) is 4.21. The molecule has 3 N–H and O–H groups in total.